The zero-order chi connectivity index (χ0) is 17.6. The molecule has 0 spiro atoms. The third-order valence-corrected chi connectivity index (χ3v) is 4.49. The molecule has 0 unspecified atom stereocenters. The van der Waals surface area contributed by atoms with Crippen LogP contribution in [0, 0.1) is 0 Å². The minimum Gasteiger partial charge on any atom is -0.452 e. The molecule has 0 aliphatic heterocycles. The predicted molar refractivity (Wildman–Crippen MR) is 96.8 cm³/mol. The normalized spacial score (nSPS) is 10.4. The molecule has 3 aromatic rings. The molecular weight excluding hydrogens is 336 g/mol. The van der Waals surface area contributed by atoms with Crippen molar-refractivity contribution in [3.63, 3.8) is 0 Å². The van der Waals surface area contributed by atoms with Gasteiger partial charge in [-0.2, -0.15) is 11.3 Å². The van der Waals surface area contributed by atoms with Gasteiger partial charge in [0.2, 0.25) is 0 Å². The Morgan fingerprint density at radius 2 is 1.84 bits per heavy atom. The van der Waals surface area contributed by atoms with Crippen LogP contribution < -0.4 is 0 Å². The second kappa shape index (κ2) is 7.81. The van der Waals surface area contributed by atoms with Gasteiger partial charge >= 0.3 is 5.97 Å². The van der Waals surface area contributed by atoms with Gasteiger partial charge in [0.25, 0.3) is 5.91 Å². The predicted octanol–water partition coefficient (Wildman–Crippen LogP) is 3.35. The number of likely N-dealkylation sites (N-methyl/N-ethyl adjacent to an activating group) is 1. The van der Waals surface area contributed by atoms with Gasteiger partial charge < -0.3 is 14.2 Å². The smallest absolute Gasteiger partial charge is 0.338 e. The summed E-state index contributed by atoms with van der Waals surface area (Å²) in [6.45, 7) is 0.240. The molecule has 2 heterocycles. The van der Waals surface area contributed by atoms with E-state index in [9.17, 15) is 9.59 Å². The fraction of sp³-hybridized carbons (Fsp3) is 0.158. The summed E-state index contributed by atoms with van der Waals surface area (Å²) in [5, 5.41) is 3.95. The number of rotatable bonds is 6. The van der Waals surface area contributed by atoms with Gasteiger partial charge in [-0.3, -0.25) is 4.79 Å². The fourth-order valence-corrected chi connectivity index (χ4v) is 3.00. The van der Waals surface area contributed by atoms with Crippen molar-refractivity contribution in [3.8, 4) is 5.69 Å². The third kappa shape index (κ3) is 4.36. The average molecular weight is 354 g/mol. The van der Waals surface area contributed by atoms with Crippen LogP contribution in [0.2, 0.25) is 0 Å². The first-order valence-electron chi connectivity index (χ1n) is 7.79. The standard InChI is InChI=1S/C19H18N2O3S/c1-20(12-15-8-11-25-14-15)18(22)13-24-19(23)16-4-6-17(7-5-16)21-9-2-3-10-21/h2-11,14H,12-13H2,1H3. The van der Waals surface area contributed by atoms with Crippen molar-refractivity contribution in [3.05, 3.63) is 76.7 Å². The summed E-state index contributed by atoms with van der Waals surface area (Å²) >= 11 is 1.58. The van der Waals surface area contributed by atoms with E-state index in [1.54, 1.807) is 35.4 Å². The number of aromatic nitrogens is 1. The molecule has 5 nitrogen and oxygen atoms in total. The summed E-state index contributed by atoms with van der Waals surface area (Å²) in [5.74, 6) is -0.736. The molecule has 1 aromatic carbocycles. The van der Waals surface area contributed by atoms with E-state index in [0.717, 1.165) is 11.3 Å². The lowest BCUT2D eigenvalue weighted by molar-refractivity contribution is -0.133. The number of carbonyl (C=O) groups is 2. The van der Waals surface area contributed by atoms with E-state index in [0.29, 0.717) is 12.1 Å². The van der Waals surface area contributed by atoms with Crippen LogP contribution in [0.15, 0.2) is 65.6 Å². The van der Waals surface area contributed by atoms with Crippen molar-refractivity contribution >= 4 is 23.2 Å². The van der Waals surface area contributed by atoms with Crippen LogP contribution in [-0.2, 0) is 16.1 Å². The van der Waals surface area contributed by atoms with Crippen LogP contribution in [-0.4, -0.2) is 35.0 Å². The van der Waals surface area contributed by atoms with E-state index in [1.807, 2.05) is 58.1 Å². The highest BCUT2D eigenvalue weighted by atomic mass is 32.1. The number of benzene rings is 1. The highest BCUT2D eigenvalue weighted by molar-refractivity contribution is 7.07. The SMILES string of the molecule is CN(Cc1ccsc1)C(=O)COC(=O)c1ccc(-n2cccc2)cc1. The van der Waals surface area contributed by atoms with Gasteiger partial charge in [0.05, 0.1) is 5.56 Å². The first-order chi connectivity index (χ1) is 12.1. The maximum Gasteiger partial charge on any atom is 0.338 e. The maximum atomic E-state index is 12.1. The molecule has 1 amide bonds. The number of carbonyl (C=O) groups excluding carboxylic acids is 2. The zero-order valence-corrected chi connectivity index (χ0v) is 14.6. The molecule has 0 saturated heterocycles. The molecule has 0 bridgehead atoms. The summed E-state index contributed by atoms with van der Waals surface area (Å²) < 4.78 is 7.07. The molecule has 0 saturated carbocycles. The topological polar surface area (TPSA) is 51.5 Å². The summed E-state index contributed by atoms with van der Waals surface area (Å²) in [5.41, 5.74) is 2.44. The van der Waals surface area contributed by atoms with E-state index in [1.165, 1.54) is 0 Å². The second-order valence-electron chi connectivity index (χ2n) is 5.59. The Bertz CT molecular complexity index is 824. The van der Waals surface area contributed by atoms with Crippen molar-refractivity contribution in [2.24, 2.45) is 0 Å². The van der Waals surface area contributed by atoms with E-state index >= 15 is 0 Å². The van der Waals surface area contributed by atoms with E-state index in [-0.39, 0.29) is 12.5 Å². The molecule has 0 radical (unpaired) electrons. The van der Waals surface area contributed by atoms with Crippen molar-refractivity contribution in [1.29, 1.82) is 0 Å². The molecule has 25 heavy (non-hydrogen) atoms. The number of hydrogen-bond acceptors (Lipinski definition) is 4. The van der Waals surface area contributed by atoms with Crippen molar-refractivity contribution in [2.45, 2.75) is 6.54 Å². The molecule has 128 valence electrons. The lowest BCUT2D eigenvalue weighted by Gasteiger charge is -2.16. The Labute approximate surface area is 150 Å². The lowest BCUT2D eigenvalue weighted by Crippen LogP contribution is -2.30. The summed E-state index contributed by atoms with van der Waals surface area (Å²) in [6, 6.07) is 12.9. The summed E-state index contributed by atoms with van der Waals surface area (Å²) in [4.78, 5) is 25.7. The number of ether oxygens (including phenoxy) is 1. The fourth-order valence-electron chi connectivity index (χ4n) is 2.34. The Kier molecular flexibility index (Phi) is 5.30. The first kappa shape index (κ1) is 17.0. The van der Waals surface area contributed by atoms with Crippen molar-refractivity contribution in [2.75, 3.05) is 13.7 Å². The summed E-state index contributed by atoms with van der Waals surface area (Å²) in [6.07, 6.45) is 3.85. The number of amides is 1. The van der Waals surface area contributed by atoms with E-state index in [2.05, 4.69) is 0 Å². The van der Waals surface area contributed by atoms with Gasteiger partial charge in [0.15, 0.2) is 6.61 Å². The van der Waals surface area contributed by atoms with Crippen LogP contribution in [0.1, 0.15) is 15.9 Å². The highest BCUT2D eigenvalue weighted by Gasteiger charge is 2.14. The van der Waals surface area contributed by atoms with Gasteiger partial charge in [-0.25, -0.2) is 4.79 Å². The lowest BCUT2D eigenvalue weighted by atomic mass is 10.2. The van der Waals surface area contributed by atoms with Gasteiger partial charge in [0.1, 0.15) is 0 Å². The van der Waals surface area contributed by atoms with Gasteiger partial charge in [-0.05, 0) is 58.8 Å². The Morgan fingerprint density at radius 1 is 1.12 bits per heavy atom. The molecule has 2 aromatic heterocycles. The first-order valence-corrected chi connectivity index (χ1v) is 8.73. The average Bonchev–Trinajstić information content (AvgIpc) is 3.33. The van der Waals surface area contributed by atoms with Crippen LogP contribution in [0.4, 0.5) is 0 Å². The number of esters is 1. The maximum absolute atomic E-state index is 12.1. The van der Waals surface area contributed by atoms with Crippen LogP contribution in [0.25, 0.3) is 5.69 Å². The molecular formula is C19H18N2O3S. The van der Waals surface area contributed by atoms with Gasteiger partial charge in [0, 0.05) is 31.7 Å². The molecule has 0 aliphatic carbocycles. The monoisotopic (exact) mass is 354 g/mol. The molecule has 0 atom stereocenters. The van der Waals surface area contributed by atoms with E-state index < -0.39 is 5.97 Å². The van der Waals surface area contributed by atoms with Gasteiger partial charge in [-0.15, -0.1) is 0 Å². The number of hydrogen-bond donors (Lipinski definition) is 0. The molecule has 0 N–H and O–H groups in total. The highest BCUT2D eigenvalue weighted by Crippen LogP contribution is 2.12. The minimum atomic E-state index is -0.503. The van der Waals surface area contributed by atoms with Crippen LogP contribution in [0.3, 0.4) is 0 Å². The molecule has 6 heteroatoms. The Hall–Kier alpha value is -2.86. The quantitative estimate of drug-likeness (QED) is 0.638. The zero-order valence-electron chi connectivity index (χ0n) is 13.8. The molecule has 3 rings (SSSR count). The Balaban J connectivity index is 1.52. The van der Waals surface area contributed by atoms with Crippen molar-refractivity contribution in [1.82, 2.24) is 9.47 Å². The van der Waals surface area contributed by atoms with Crippen molar-refractivity contribution < 1.29 is 14.3 Å². The van der Waals surface area contributed by atoms with Crippen LogP contribution >= 0.6 is 11.3 Å². The molecule has 0 fully saturated rings. The second-order valence-corrected chi connectivity index (χ2v) is 6.37. The van der Waals surface area contributed by atoms with Crippen LogP contribution in [0.5, 0.6) is 0 Å². The number of nitrogens with zero attached hydrogens (tertiary/aromatic N) is 2. The third-order valence-electron chi connectivity index (χ3n) is 3.76. The minimum absolute atomic E-state index is 0.233. The Morgan fingerprint density at radius 3 is 2.48 bits per heavy atom. The van der Waals surface area contributed by atoms with Gasteiger partial charge in [-0.1, -0.05) is 0 Å². The largest absolute Gasteiger partial charge is 0.452 e. The summed E-state index contributed by atoms with van der Waals surface area (Å²) in [7, 11) is 1.69. The molecule has 0 aliphatic rings. The van der Waals surface area contributed by atoms with E-state index in [4.69, 9.17) is 4.74 Å². The number of thiophene rings is 1.